The molecule has 0 amide bonds. The molecule has 0 atom stereocenters. The molecule has 1 N–H and O–H groups in total. The molecule has 162 valence electrons. The van der Waals surface area contributed by atoms with E-state index >= 15 is 0 Å². The number of piperazine rings is 1. The van der Waals surface area contributed by atoms with Crippen molar-refractivity contribution in [2.24, 2.45) is 14.1 Å². The summed E-state index contributed by atoms with van der Waals surface area (Å²) in [6.45, 7) is 3.99. The molecule has 1 aliphatic heterocycles. The summed E-state index contributed by atoms with van der Waals surface area (Å²) in [5.41, 5.74) is -0.803. The molecule has 3 rings (SSSR count). The maximum atomic E-state index is 12.1. The number of hydrogen-bond acceptors (Lipinski definition) is 8. The third-order valence-electron chi connectivity index (χ3n) is 5.23. The second kappa shape index (κ2) is 8.99. The topological polar surface area (TPSA) is 123 Å². The fourth-order valence-electron chi connectivity index (χ4n) is 3.43. The molecular formula is C19H25N5O6. The van der Waals surface area contributed by atoms with Gasteiger partial charge >= 0.3 is 5.69 Å². The summed E-state index contributed by atoms with van der Waals surface area (Å²) < 4.78 is 8.06. The number of non-ortho nitro benzene ring substituents is 1. The lowest BCUT2D eigenvalue weighted by molar-refractivity contribution is -0.385. The highest BCUT2D eigenvalue weighted by Crippen LogP contribution is 2.30. The fourth-order valence-corrected chi connectivity index (χ4v) is 3.43. The highest BCUT2D eigenvalue weighted by molar-refractivity contribution is 5.47. The smallest absolute Gasteiger partial charge is 0.332 e. The quantitative estimate of drug-likeness (QED) is 0.386. The van der Waals surface area contributed by atoms with Crippen molar-refractivity contribution in [3.05, 3.63) is 55.2 Å². The van der Waals surface area contributed by atoms with E-state index in [1.807, 2.05) is 4.90 Å². The van der Waals surface area contributed by atoms with Crippen LogP contribution in [0.2, 0.25) is 0 Å². The summed E-state index contributed by atoms with van der Waals surface area (Å²) in [5.74, 6) is 0.585. The Morgan fingerprint density at radius 2 is 1.80 bits per heavy atom. The Kier molecular flexibility index (Phi) is 6.40. The van der Waals surface area contributed by atoms with Gasteiger partial charge in [0.1, 0.15) is 5.82 Å². The lowest BCUT2D eigenvalue weighted by Gasteiger charge is -2.36. The number of benzene rings is 1. The Hall–Kier alpha value is -3.34. The second-order valence-electron chi connectivity index (χ2n) is 7.18. The van der Waals surface area contributed by atoms with Gasteiger partial charge in [-0.25, -0.2) is 4.79 Å². The van der Waals surface area contributed by atoms with Crippen molar-refractivity contribution in [3.8, 4) is 11.5 Å². The van der Waals surface area contributed by atoms with Gasteiger partial charge in [0.2, 0.25) is 0 Å². The average Bonchev–Trinajstić information content (AvgIpc) is 2.73. The van der Waals surface area contributed by atoms with Crippen LogP contribution >= 0.6 is 0 Å². The van der Waals surface area contributed by atoms with Crippen molar-refractivity contribution in [1.82, 2.24) is 14.0 Å². The first-order valence-corrected chi connectivity index (χ1v) is 9.62. The van der Waals surface area contributed by atoms with Crippen LogP contribution in [0, 0.1) is 10.1 Å². The van der Waals surface area contributed by atoms with Crippen molar-refractivity contribution in [2.45, 2.75) is 6.42 Å². The van der Waals surface area contributed by atoms with Crippen molar-refractivity contribution < 1.29 is 14.8 Å². The third kappa shape index (κ3) is 4.62. The van der Waals surface area contributed by atoms with E-state index < -0.39 is 4.92 Å². The van der Waals surface area contributed by atoms with E-state index in [2.05, 4.69) is 4.90 Å². The molecule has 0 spiro atoms. The molecular weight excluding hydrogens is 394 g/mol. The summed E-state index contributed by atoms with van der Waals surface area (Å²) in [6, 6.07) is 5.16. The average molecular weight is 419 g/mol. The van der Waals surface area contributed by atoms with Gasteiger partial charge in [0.15, 0.2) is 11.5 Å². The number of phenols is 1. The van der Waals surface area contributed by atoms with Gasteiger partial charge in [-0.2, -0.15) is 0 Å². The molecule has 30 heavy (non-hydrogen) atoms. The highest BCUT2D eigenvalue weighted by atomic mass is 16.6. The van der Waals surface area contributed by atoms with E-state index in [1.54, 1.807) is 7.05 Å². The molecule has 1 aliphatic rings. The van der Waals surface area contributed by atoms with Gasteiger partial charge in [0.05, 0.1) is 17.6 Å². The standard InChI is InChI=1S/C19H25N5O6/c1-20-17(13-18(26)21(2)19(20)27)23-9-7-22(8-10-23)6-3-11-30-16-12-14(24(28)29)4-5-15(16)25/h4-5,12-13,25H,3,6-11H2,1-2H3. The van der Waals surface area contributed by atoms with E-state index in [4.69, 9.17) is 4.74 Å². The molecule has 0 bridgehead atoms. The van der Waals surface area contributed by atoms with Crippen LogP contribution in [0.1, 0.15) is 6.42 Å². The molecule has 0 radical (unpaired) electrons. The number of aromatic hydroxyl groups is 1. The minimum absolute atomic E-state index is 0.0978. The van der Waals surface area contributed by atoms with Gasteiger partial charge in [-0.1, -0.05) is 0 Å². The molecule has 0 saturated carbocycles. The van der Waals surface area contributed by atoms with E-state index in [1.165, 1.54) is 35.9 Å². The molecule has 0 aliphatic carbocycles. The number of nitro groups is 1. The maximum Gasteiger partial charge on any atom is 0.332 e. The minimum atomic E-state index is -0.538. The molecule has 1 aromatic heterocycles. The summed E-state index contributed by atoms with van der Waals surface area (Å²) in [5, 5.41) is 20.6. The van der Waals surface area contributed by atoms with Crippen molar-refractivity contribution >= 4 is 11.5 Å². The largest absolute Gasteiger partial charge is 0.504 e. The van der Waals surface area contributed by atoms with Gasteiger partial charge in [-0.05, 0) is 12.5 Å². The van der Waals surface area contributed by atoms with E-state index in [0.717, 1.165) is 24.2 Å². The Labute approximate surface area is 172 Å². The molecule has 1 saturated heterocycles. The van der Waals surface area contributed by atoms with Crippen LogP contribution in [-0.2, 0) is 14.1 Å². The number of anilines is 1. The lowest BCUT2D eigenvalue weighted by atomic mass is 10.2. The van der Waals surface area contributed by atoms with Gasteiger partial charge < -0.3 is 14.7 Å². The summed E-state index contributed by atoms with van der Waals surface area (Å²) in [7, 11) is 3.12. The van der Waals surface area contributed by atoms with Crippen molar-refractivity contribution in [1.29, 1.82) is 0 Å². The zero-order valence-electron chi connectivity index (χ0n) is 17.0. The fraction of sp³-hybridized carbons (Fsp3) is 0.474. The lowest BCUT2D eigenvalue weighted by Crippen LogP contribution is -2.49. The number of nitrogens with zero attached hydrogens (tertiary/aromatic N) is 5. The van der Waals surface area contributed by atoms with Crippen LogP contribution in [0.15, 0.2) is 33.9 Å². The predicted octanol–water partition coefficient (Wildman–Crippen LogP) is 0.289. The molecule has 11 nitrogen and oxygen atoms in total. The molecule has 2 aromatic rings. The number of nitro benzene ring substituents is 1. The first-order valence-electron chi connectivity index (χ1n) is 9.62. The van der Waals surface area contributed by atoms with Crippen LogP contribution < -0.4 is 20.9 Å². The molecule has 11 heteroatoms. The van der Waals surface area contributed by atoms with Crippen LogP contribution in [0.5, 0.6) is 11.5 Å². The van der Waals surface area contributed by atoms with Crippen LogP contribution in [0.25, 0.3) is 0 Å². The Bertz CT molecular complexity index is 1040. The zero-order valence-corrected chi connectivity index (χ0v) is 17.0. The monoisotopic (exact) mass is 419 g/mol. The second-order valence-corrected chi connectivity index (χ2v) is 7.18. The van der Waals surface area contributed by atoms with Gasteiger partial charge in [-0.3, -0.25) is 28.9 Å². The van der Waals surface area contributed by atoms with E-state index in [9.17, 15) is 24.8 Å². The van der Waals surface area contributed by atoms with Crippen molar-refractivity contribution in [2.75, 3.05) is 44.2 Å². The molecule has 2 heterocycles. The number of rotatable bonds is 7. The Balaban J connectivity index is 1.48. The van der Waals surface area contributed by atoms with Gasteiger partial charge in [0.25, 0.3) is 11.2 Å². The summed E-state index contributed by atoms with van der Waals surface area (Å²) >= 11 is 0. The van der Waals surface area contributed by atoms with Gasteiger partial charge in [0, 0.05) is 59.0 Å². The van der Waals surface area contributed by atoms with Crippen LogP contribution in [0.3, 0.4) is 0 Å². The molecule has 0 unspecified atom stereocenters. The first-order chi connectivity index (χ1) is 14.3. The number of aromatic nitrogens is 2. The zero-order chi connectivity index (χ0) is 21.8. The first kappa shape index (κ1) is 21.4. The van der Waals surface area contributed by atoms with E-state index in [-0.39, 0.29) is 28.4 Å². The van der Waals surface area contributed by atoms with Crippen molar-refractivity contribution in [3.63, 3.8) is 0 Å². The van der Waals surface area contributed by atoms with Gasteiger partial charge in [-0.15, -0.1) is 0 Å². The Morgan fingerprint density at radius 1 is 1.10 bits per heavy atom. The maximum absolute atomic E-state index is 12.1. The number of phenolic OH excluding ortho intramolecular Hbond substituents is 1. The van der Waals surface area contributed by atoms with E-state index in [0.29, 0.717) is 31.9 Å². The predicted molar refractivity (Wildman–Crippen MR) is 110 cm³/mol. The molecule has 1 fully saturated rings. The highest BCUT2D eigenvalue weighted by Gasteiger charge is 2.20. The molecule has 1 aromatic carbocycles. The van der Waals surface area contributed by atoms with Crippen LogP contribution in [-0.4, -0.2) is 63.4 Å². The minimum Gasteiger partial charge on any atom is -0.504 e. The third-order valence-corrected chi connectivity index (χ3v) is 5.23. The SMILES string of the molecule is Cn1c(N2CCN(CCCOc3cc([N+](=O)[O-])ccc3O)CC2)cc(=O)n(C)c1=O. The Morgan fingerprint density at radius 3 is 2.47 bits per heavy atom. The van der Waals surface area contributed by atoms with Crippen LogP contribution in [0.4, 0.5) is 11.5 Å². The number of ether oxygens (including phenoxy) is 1. The normalized spacial score (nSPS) is 14.7. The number of hydrogen-bond donors (Lipinski definition) is 1. The summed E-state index contributed by atoms with van der Waals surface area (Å²) in [4.78, 5) is 38.6. The summed E-state index contributed by atoms with van der Waals surface area (Å²) in [6.07, 6.45) is 0.687.